The molecular formula is C11H19O3-. The lowest BCUT2D eigenvalue weighted by atomic mass is 9.84. The normalized spacial score (nSPS) is 17.6. The summed E-state index contributed by atoms with van der Waals surface area (Å²) >= 11 is 0. The van der Waals surface area contributed by atoms with Crippen LogP contribution >= 0.6 is 0 Å². The molecule has 0 spiro atoms. The van der Waals surface area contributed by atoms with E-state index in [9.17, 15) is 4.79 Å². The van der Waals surface area contributed by atoms with E-state index in [1.54, 1.807) is 6.92 Å². The fourth-order valence-corrected chi connectivity index (χ4v) is 1.12. The molecule has 0 aromatic heterocycles. The SMILES string of the molecule is C=C(C)C(=O)OCC1(CC)COC1.[CH3-]. The van der Waals surface area contributed by atoms with Gasteiger partial charge in [-0.25, -0.2) is 4.79 Å². The molecule has 0 N–H and O–H groups in total. The summed E-state index contributed by atoms with van der Waals surface area (Å²) in [6, 6.07) is 0. The van der Waals surface area contributed by atoms with E-state index in [0.29, 0.717) is 25.4 Å². The Morgan fingerprint density at radius 2 is 2.14 bits per heavy atom. The van der Waals surface area contributed by atoms with Crippen molar-refractivity contribution in [3.8, 4) is 0 Å². The van der Waals surface area contributed by atoms with Gasteiger partial charge in [0.1, 0.15) is 6.61 Å². The van der Waals surface area contributed by atoms with Crippen molar-refractivity contribution in [3.63, 3.8) is 0 Å². The van der Waals surface area contributed by atoms with Crippen LogP contribution in [0.1, 0.15) is 20.3 Å². The maximum Gasteiger partial charge on any atom is 0.333 e. The fraction of sp³-hybridized carbons (Fsp3) is 0.636. The number of hydrogen-bond donors (Lipinski definition) is 0. The summed E-state index contributed by atoms with van der Waals surface area (Å²) in [5.41, 5.74) is 0.525. The molecule has 0 aromatic rings. The Bertz CT molecular complexity index is 211. The summed E-state index contributed by atoms with van der Waals surface area (Å²) in [6.45, 7) is 9.11. The Balaban J connectivity index is 0.00000169. The van der Waals surface area contributed by atoms with Crippen LogP contribution in [0, 0.1) is 12.8 Å². The van der Waals surface area contributed by atoms with E-state index in [4.69, 9.17) is 9.47 Å². The van der Waals surface area contributed by atoms with Gasteiger partial charge in [0.15, 0.2) is 0 Å². The highest BCUT2D eigenvalue weighted by Crippen LogP contribution is 2.31. The van der Waals surface area contributed by atoms with Crippen molar-refractivity contribution in [1.82, 2.24) is 0 Å². The molecule has 82 valence electrons. The molecule has 0 unspecified atom stereocenters. The van der Waals surface area contributed by atoms with Crippen LogP contribution in [0.15, 0.2) is 12.2 Å². The van der Waals surface area contributed by atoms with E-state index < -0.39 is 0 Å². The summed E-state index contributed by atoms with van der Waals surface area (Å²) in [6.07, 6.45) is 0.983. The number of esters is 1. The Labute approximate surface area is 86.1 Å². The van der Waals surface area contributed by atoms with Gasteiger partial charge in [0, 0.05) is 5.57 Å². The Morgan fingerprint density at radius 1 is 1.57 bits per heavy atom. The number of hydrogen-bond acceptors (Lipinski definition) is 3. The van der Waals surface area contributed by atoms with Gasteiger partial charge in [0.2, 0.25) is 0 Å². The van der Waals surface area contributed by atoms with E-state index in [-0.39, 0.29) is 18.8 Å². The lowest BCUT2D eigenvalue weighted by Gasteiger charge is -2.39. The topological polar surface area (TPSA) is 35.5 Å². The second kappa shape index (κ2) is 5.15. The zero-order valence-corrected chi connectivity index (χ0v) is 9.26. The number of carbonyl (C=O) groups is 1. The Hall–Kier alpha value is -0.830. The smallest absolute Gasteiger partial charge is 0.333 e. The standard InChI is InChI=1S/C10H16O3.CH3/c1-4-10(5-12-6-10)7-13-9(11)8(2)3;/h2,4-7H2,1,3H3;1H3/q;-1. The summed E-state index contributed by atoms with van der Waals surface area (Å²) in [5.74, 6) is -0.306. The number of ether oxygens (including phenoxy) is 2. The molecule has 0 aromatic carbocycles. The third kappa shape index (κ3) is 2.84. The highest BCUT2D eigenvalue weighted by molar-refractivity contribution is 5.86. The molecule has 1 aliphatic heterocycles. The molecule has 3 heteroatoms. The van der Waals surface area contributed by atoms with E-state index in [1.165, 1.54) is 0 Å². The van der Waals surface area contributed by atoms with Gasteiger partial charge < -0.3 is 16.9 Å². The largest absolute Gasteiger partial charge is 0.462 e. The van der Waals surface area contributed by atoms with Crippen LogP contribution in [-0.2, 0) is 14.3 Å². The lowest BCUT2D eigenvalue weighted by Crippen LogP contribution is -2.46. The second-order valence-corrected chi connectivity index (χ2v) is 3.70. The summed E-state index contributed by atoms with van der Waals surface area (Å²) in [7, 11) is 0. The van der Waals surface area contributed by atoms with Crippen molar-refractivity contribution in [2.75, 3.05) is 19.8 Å². The van der Waals surface area contributed by atoms with Gasteiger partial charge >= 0.3 is 5.97 Å². The highest BCUT2D eigenvalue weighted by Gasteiger charge is 2.38. The van der Waals surface area contributed by atoms with Gasteiger partial charge in [-0.2, -0.15) is 0 Å². The Morgan fingerprint density at radius 3 is 2.43 bits per heavy atom. The first-order chi connectivity index (χ1) is 6.09. The molecule has 0 saturated carbocycles. The third-order valence-electron chi connectivity index (χ3n) is 2.42. The lowest BCUT2D eigenvalue weighted by molar-refractivity contribution is -0.167. The van der Waals surface area contributed by atoms with E-state index >= 15 is 0 Å². The van der Waals surface area contributed by atoms with E-state index in [2.05, 4.69) is 13.5 Å². The van der Waals surface area contributed by atoms with Gasteiger partial charge in [-0.15, -0.1) is 0 Å². The first-order valence-corrected chi connectivity index (χ1v) is 4.50. The Kier molecular flexibility index (Phi) is 4.85. The molecule has 0 bridgehead atoms. The monoisotopic (exact) mass is 199 g/mol. The molecule has 0 amide bonds. The van der Waals surface area contributed by atoms with Gasteiger partial charge in [-0.1, -0.05) is 13.5 Å². The van der Waals surface area contributed by atoms with Crippen molar-refractivity contribution < 1.29 is 14.3 Å². The van der Waals surface area contributed by atoms with Crippen molar-refractivity contribution >= 4 is 5.97 Å². The van der Waals surface area contributed by atoms with Crippen LogP contribution in [0.5, 0.6) is 0 Å². The summed E-state index contributed by atoms with van der Waals surface area (Å²) in [5, 5.41) is 0. The quantitative estimate of drug-likeness (QED) is 0.394. The minimum absolute atomic E-state index is 0. The molecule has 1 saturated heterocycles. The highest BCUT2D eigenvalue weighted by atomic mass is 16.5. The molecule has 1 fully saturated rings. The maximum absolute atomic E-state index is 11.1. The van der Waals surface area contributed by atoms with Crippen LogP contribution in [-0.4, -0.2) is 25.8 Å². The van der Waals surface area contributed by atoms with Gasteiger partial charge in [0.25, 0.3) is 0 Å². The minimum atomic E-state index is -0.306. The van der Waals surface area contributed by atoms with Crippen LogP contribution < -0.4 is 0 Å². The van der Waals surface area contributed by atoms with Gasteiger partial charge in [0.05, 0.1) is 18.6 Å². The molecule has 14 heavy (non-hydrogen) atoms. The van der Waals surface area contributed by atoms with Crippen molar-refractivity contribution in [2.45, 2.75) is 20.3 Å². The summed E-state index contributed by atoms with van der Waals surface area (Å²) < 4.78 is 10.2. The number of rotatable bonds is 4. The van der Waals surface area contributed by atoms with Crippen LogP contribution in [0.3, 0.4) is 0 Å². The van der Waals surface area contributed by atoms with Gasteiger partial charge in [-0.05, 0) is 13.3 Å². The maximum atomic E-state index is 11.1. The van der Waals surface area contributed by atoms with E-state index in [1.807, 2.05) is 0 Å². The zero-order valence-electron chi connectivity index (χ0n) is 9.26. The van der Waals surface area contributed by atoms with Gasteiger partial charge in [-0.3, -0.25) is 0 Å². The first-order valence-electron chi connectivity index (χ1n) is 4.50. The molecule has 3 nitrogen and oxygen atoms in total. The first kappa shape index (κ1) is 13.2. The molecule has 0 radical (unpaired) electrons. The minimum Gasteiger partial charge on any atom is -0.462 e. The molecule has 1 heterocycles. The van der Waals surface area contributed by atoms with Crippen molar-refractivity contribution in [2.24, 2.45) is 5.41 Å². The average Bonchev–Trinajstić information content (AvgIpc) is 2.02. The predicted octanol–water partition coefficient (Wildman–Crippen LogP) is 1.98. The van der Waals surface area contributed by atoms with Crippen molar-refractivity contribution in [1.29, 1.82) is 0 Å². The zero-order chi connectivity index (χ0) is 9.90. The number of carbonyl (C=O) groups excluding carboxylic acids is 1. The van der Waals surface area contributed by atoms with Crippen LogP contribution in [0.2, 0.25) is 0 Å². The summed E-state index contributed by atoms with van der Waals surface area (Å²) in [4.78, 5) is 11.1. The van der Waals surface area contributed by atoms with Crippen LogP contribution in [0.25, 0.3) is 0 Å². The molecule has 0 aliphatic carbocycles. The average molecular weight is 199 g/mol. The molecular weight excluding hydrogens is 180 g/mol. The molecule has 1 aliphatic rings. The van der Waals surface area contributed by atoms with Crippen LogP contribution in [0.4, 0.5) is 0 Å². The van der Waals surface area contributed by atoms with Crippen molar-refractivity contribution in [3.05, 3.63) is 19.6 Å². The molecule has 1 rings (SSSR count). The third-order valence-corrected chi connectivity index (χ3v) is 2.42. The fourth-order valence-electron chi connectivity index (χ4n) is 1.12. The predicted molar refractivity (Wildman–Crippen MR) is 55.7 cm³/mol. The van der Waals surface area contributed by atoms with E-state index in [0.717, 1.165) is 6.42 Å². The second-order valence-electron chi connectivity index (χ2n) is 3.70. The molecule has 0 atom stereocenters.